The molecule has 0 amide bonds. The van der Waals surface area contributed by atoms with Crippen LogP contribution in [-0.2, 0) is 65.4 Å². The summed E-state index contributed by atoms with van der Waals surface area (Å²) < 4.78 is 68.5. The van der Waals surface area contributed by atoms with Crippen molar-refractivity contribution in [2.24, 2.45) is 23.7 Å². The first-order valence-electron chi connectivity index (χ1n) is 39.3. The molecule has 19 heteroatoms. The van der Waals surface area contributed by atoms with Gasteiger partial charge >= 0.3 is 39.5 Å². The number of ether oxygens (including phenoxy) is 4. The first-order chi connectivity index (χ1) is 45.7. The maximum atomic E-state index is 13.1. The summed E-state index contributed by atoms with van der Waals surface area (Å²) in [5.41, 5.74) is 0. The molecule has 0 fully saturated rings. The third kappa shape index (κ3) is 67.6. The predicted octanol–water partition coefficient (Wildman–Crippen LogP) is 22.0. The van der Waals surface area contributed by atoms with Gasteiger partial charge in [-0.2, -0.15) is 0 Å². The summed E-state index contributed by atoms with van der Waals surface area (Å²) in [5, 5.41) is 10.6. The van der Waals surface area contributed by atoms with Crippen LogP contribution >= 0.6 is 15.6 Å². The summed E-state index contributed by atoms with van der Waals surface area (Å²) >= 11 is 0. The van der Waals surface area contributed by atoms with Crippen LogP contribution in [0.1, 0.15) is 383 Å². The molecule has 95 heavy (non-hydrogen) atoms. The van der Waals surface area contributed by atoms with Gasteiger partial charge in [-0.25, -0.2) is 9.13 Å². The Kier molecular flexibility index (Phi) is 64.0. The second-order valence-electron chi connectivity index (χ2n) is 28.8. The van der Waals surface area contributed by atoms with E-state index in [0.717, 1.165) is 115 Å². The molecule has 0 aromatic rings. The molecular weight excluding hydrogens is 1250 g/mol. The molecule has 0 bridgehead atoms. The minimum atomic E-state index is -4.96. The summed E-state index contributed by atoms with van der Waals surface area (Å²) in [7, 11) is -9.91. The van der Waals surface area contributed by atoms with Crippen molar-refractivity contribution in [3.8, 4) is 0 Å². The molecule has 0 saturated heterocycles. The Morgan fingerprint density at radius 2 is 0.505 bits per heavy atom. The number of phosphoric acid groups is 2. The van der Waals surface area contributed by atoms with Gasteiger partial charge in [-0.3, -0.25) is 37.3 Å². The Morgan fingerprint density at radius 1 is 0.295 bits per heavy atom. The van der Waals surface area contributed by atoms with E-state index < -0.39 is 97.5 Å². The monoisotopic (exact) mass is 1400 g/mol. The highest BCUT2D eigenvalue weighted by molar-refractivity contribution is 7.47. The van der Waals surface area contributed by atoms with E-state index in [4.69, 9.17) is 37.0 Å². The zero-order chi connectivity index (χ0) is 70.3. The van der Waals surface area contributed by atoms with Gasteiger partial charge in [0, 0.05) is 25.7 Å². The second kappa shape index (κ2) is 65.4. The number of hydrogen-bond acceptors (Lipinski definition) is 15. The van der Waals surface area contributed by atoms with Gasteiger partial charge in [0.15, 0.2) is 12.2 Å². The zero-order valence-electron chi connectivity index (χ0n) is 62.3. The van der Waals surface area contributed by atoms with Crippen molar-refractivity contribution in [3.05, 3.63) is 0 Å². The number of phosphoric ester groups is 2. The lowest BCUT2D eigenvalue weighted by molar-refractivity contribution is -0.161. The Balaban J connectivity index is 5.19. The summed E-state index contributed by atoms with van der Waals surface area (Å²) in [6.45, 7) is 14.2. The fourth-order valence-corrected chi connectivity index (χ4v) is 13.1. The number of aliphatic hydroxyl groups excluding tert-OH is 1. The van der Waals surface area contributed by atoms with Crippen LogP contribution in [-0.4, -0.2) is 96.7 Å². The Hall–Kier alpha value is -1.94. The molecule has 564 valence electrons. The summed E-state index contributed by atoms with van der Waals surface area (Å²) in [6, 6.07) is 0. The number of carbonyl (C=O) groups is 4. The maximum absolute atomic E-state index is 13.1. The zero-order valence-corrected chi connectivity index (χ0v) is 64.1. The van der Waals surface area contributed by atoms with Gasteiger partial charge in [-0.15, -0.1) is 0 Å². The van der Waals surface area contributed by atoms with E-state index in [9.17, 15) is 43.2 Å². The fraction of sp³-hybridized carbons (Fsp3) is 0.947. The first-order valence-corrected chi connectivity index (χ1v) is 42.3. The first kappa shape index (κ1) is 93.1. The molecule has 0 saturated carbocycles. The minimum Gasteiger partial charge on any atom is -0.462 e. The van der Waals surface area contributed by atoms with Crippen LogP contribution < -0.4 is 0 Å². The van der Waals surface area contributed by atoms with Gasteiger partial charge in [0.25, 0.3) is 0 Å². The molecule has 0 heterocycles. The molecule has 0 aliphatic heterocycles. The van der Waals surface area contributed by atoms with Crippen LogP contribution in [0.3, 0.4) is 0 Å². The number of carbonyl (C=O) groups excluding carboxylic acids is 4. The van der Waals surface area contributed by atoms with Crippen LogP contribution in [0.15, 0.2) is 0 Å². The summed E-state index contributed by atoms with van der Waals surface area (Å²) in [4.78, 5) is 72.7. The summed E-state index contributed by atoms with van der Waals surface area (Å²) in [6.07, 6.45) is 50.1. The minimum absolute atomic E-state index is 0.106. The number of aliphatic hydroxyl groups is 1. The number of unbranched alkanes of at least 4 members (excludes halogenated alkanes) is 37. The quantitative estimate of drug-likeness (QED) is 0.0222. The maximum Gasteiger partial charge on any atom is 0.472 e. The third-order valence-corrected chi connectivity index (χ3v) is 20.2. The van der Waals surface area contributed by atoms with Crippen molar-refractivity contribution < 1.29 is 80.2 Å². The molecule has 3 N–H and O–H groups in total. The van der Waals surface area contributed by atoms with Crippen molar-refractivity contribution in [1.29, 1.82) is 0 Å². The van der Waals surface area contributed by atoms with E-state index in [0.29, 0.717) is 37.5 Å². The summed E-state index contributed by atoms with van der Waals surface area (Å²) in [5.74, 6) is 0.952. The van der Waals surface area contributed by atoms with Gasteiger partial charge in [-0.1, -0.05) is 331 Å². The molecule has 0 spiro atoms. The average Bonchev–Trinajstić information content (AvgIpc) is 2.02. The standard InChI is InChI=1S/C76H148O17P2/c1-9-68(7)54-46-38-29-23-19-15-11-13-17-21-25-31-42-50-58-75(80)92-71(62-86-73(78)56-48-40-33-27-28-36-44-52-66(3)4)64-90-94(82,83)88-60-70(77)61-89-95(84,85)91-65-72(63-87-74(79)57-49-41-35-34-37-45-53-67(5)6)93-76(81)59-51-43-32-26-22-18-14-12-16-20-24-30-39-47-55-69(8)10-2/h66-72,77H,9-65H2,1-8H3,(H,82,83)(H,84,85)/t68?,69?,70?,71-,72-/m1/s1. The molecule has 5 unspecified atom stereocenters. The Morgan fingerprint density at radius 3 is 0.747 bits per heavy atom. The highest BCUT2D eigenvalue weighted by Crippen LogP contribution is 2.45. The number of rotatable bonds is 73. The molecule has 0 aromatic heterocycles. The van der Waals surface area contributed by atoms with E-state index in [2.05, 4.69) is 55.4 Å². The number of hydrogen-bond donors (Lipinski definition) is 3. The topological polar surface area (TPSA) is 237 Å². The van der Waals surface area contributed by atoms with Crippen LogP contribution in [0.5, 0.6) is 0 Å². The highest BCUT2D eigenvalue weighted by Gasteiger charge is 2.30. The van der Waals surface area contributed by atoms with Crippen molar-refractivity contribution in [2.45, 2.75) is 401 Å². The van der Waals surface area contributed by atoms with Crippen molar-refractivity contribution in [2.75, 3.05) is 39.6 Å². The molecule has 17 nitrogen and oxygen atoms in total. The van der Waals surface area contributed by atoms with Crippen LogP contribution in [0, 0.1) is 23.7 Å². The van der Waals surface area contributed by atoms with Crippen LogP contribution in [0.25, 0.3) is 0 Å². The van der Waals surface area contributed by atoms with Gasteiger partial charge in [0.05, 0.1) is 26.4 Å². The third-order valence-electron chi connectivity index (χ3n) is 18.3. The van der Waals surface area contributed by atoms with Gasteiger partial charge in [0.2, 0.25) is 0 Å². The van der Waals surface area contributed by atoms with Crippen molar-refractivity contribution in [3.63, 3.8) is 0 Å². The van der Waals surface area contributed by atoms with Gasteiger partial charge in [0.1, 0.15) is 19.3 Å². The smallest absolute Gasteiger partial charge is 0.462 e. The second-order valence-corrected chi connectivity index (χ2v) is 31.7. The van der Waals surface area contributed by atoms with E-state index >= 15 is 0 Å². The van der Waals surface area contributed by atoms with E-state index in [-0.39, 0.29) is 25.7 Å². The normalized spacial score (nSPS) is 14.7. The van der Waals surface area contributed by atoms with Crippen LogP contribution in [0.2, 0.25) is 0 Å². The Labute approximate surface area is 581 Å². The Bertz CT molecular complexity index is 1870. The largest absolute Gasteiger partial charge is 0.472 e. The number of esters is 4. The van der Waals surface area contributed by atoms with E-state index in [1.165, 1.54) is 173 Å². The average molecular weight is 1400 g/mol. The molecule has 0 aromatic carbocycles. The lowest BCUT2D eigenvalue weighted by Gasteiger charge is -2.21. The molecule has 0 aliphatic carbocycles. The van der Waals surface area contributed by atoms with Crippen molar-refractivity contribution >= 4 is 39.5 Å². The van der Waals surface area contributed by atoms with Crippen LogP contribution in [0.4, 0.5) is 0 Å². The molecular formula is C76H148O17P2. The van der Waals surface area contributed by atoms with Gasteiger partial charge in [-0.05, 0) is 49.4 Å². The lowest BCUT2D eigenvalue weighted by atomic mass is 9.99. The molecule has 0 rings (SSSR count). The fourth-order valence-electron chi connectivity index (χ4n) is 11.5. The molecule has 7 atom stereocenters. The molecule has 0 radical (unpaired) electrons. The van der Waals surface area contributed by atoms with E-state index in [1.54, 1.807) is 0 Å². The highest BCUT2D eigenvalue weighted by atomic mass is 31.2. The lowest BCUT2D eigenvalue weighted by Crippen LogP contribution is -2.30. The SMILES string of the molecule is CCC(C)CCCCCCCCCCCCCCCCC(=O)O[C@H](COC(=O)CCCCCCCCCC(C)C)COP(=O)(O)OCC(O)COP(=O)(O)OC[C@@H](COC(=O)CCCCCCCCC(C)C)OC(=O)CCCCCCCCCCCCCCCCC(C)CC. The van der Waals surface area contributed by atoms with E-state index in [1.807, 2.05) is 0 Å². The van der Waals surface area contributed by atoms with Crippen molar-refractivity contribution in [1.82, 2.24) is 0 Å². The molecule has 0 aliphatic rings. The van der Waals surface area contributed by atoms with Gasteiger partial charge < -0.3 is 33.8 Å². The predicted molar refractivity (Wildman–Crippen MR) is 386 cm³/mol.